The summed E-state index contributed by atoms with van der Waals surface area (Å²) in [6.07, 6.45) is 0.685. The predicted molar refractivity (Wildman–Crippen MR) is 92.5 cm³/mol. The molecule has 0 unspecified atom stereocenters. The van der Waals surface area contributed by atoms with E-state index in [-0.39, 0.29) is 47.3 Å². The summed E-state index contributed by atoms with van der Waals surface area (Å²) in [5.41, 5.74) is 0.108. The number of nitrogens with one attached hydrogen (secondary N) is 2. The van der Waals surface area contributed by atoms with Crippen molar-refractivity contribution in [2.24, 2.45) is 17.0 Å². The van der Waals surface area contributed by atoms with Gasteiger partial charge in [-0.25, -0.2) is 14.7 Å². The van der Waals surface area contributed by atoms with Crippen LogP contribution in [0.5, 0.6) is 0 Å². The van der Waals surface area contributed by atoms with Crippen molar-refractivity contribution in [3.8, 4) is 0 Å². The van der Waals surface area contributed by atoms with Gasteiger partial charge in [-0.1, -0.05) is 13.8 Å². The molecule has 0 aromatic heterocycles. The first-order chi connectivity index (χ1) is 11.6. The molecule has 0 spiro atoms. The van der Waals surface area contributed by atoms with Gasteiger partial charge in [0, 0.05) is 35.2 Å². The summed E-state index contributed by atoms with van der Waals surface area (Å²) < 4.78 is 24.2. The second-order valence-electron chi connectivity index (χ2n) is 6.77. The molecule has 1 amide bonds. The monoisotopic (exact) mass is 390 g/mol. The van der Waals surface area contributed by atoms with Gasteiger partial charge in [-0.05, 0) is 6.42 Å². The highest BCUT2D eigenvalue weighted by Crippen LogP contribution is 2.50. The fourth-order valence-electron chi connectivity index (χ4n) is 3.85. The van der Waals surface area contributed by atoms with E-state index in [0.717, 1.165) is 4.91 Å². The van der Waals surface area contributed by atoms with E-state index in [2.05, 4.69) is 10.0 Å². The van der Waals surface area contributed by atoms with Gasteiger partial charge in [0.1, 0.15) is 5.70 Å². The Kier molecular flexibility index (Phi) is 4.88. The number of carbonyl (C=O) groups is 2. The smallest absolute Gasteiger partial charge is 0.353 e. The highest BCUT2D eigenvalue weighted by molar-refractivity contribution is 8.03. The zero-order valence-corrected chi connectivity index (χ0v) is 15.6. The lowest BCUT2D eigenvalue weighted by atomic mass is 9.84. The van der Waals surface area contributed by atoms with E-state index >= 15 is 0 Å². The Hall–Kier alpha value is -1.14. The molecule has 140 valence electrons. The Morgan fingerprint density at radius 3 is 2.72 bits per heavy atom. The van der Waals surface area contributed by atoms with Gasteiger partial charge in [0.15, 0.2) is 0 Å². The predicted octanol–water partition coefficient (Wildman–Crippen LogP) is -0.964. The summed E-state index contributed by atoms with van der Waals surface area (Å²) in [7, 11) is -3.73. The Morgan fingerprint density at radius 2 is 2.12 bits per heavy atom. The summed E-state index contributed by atoms with van der Waals surface area (Å²) >= 11 is 1.48. The van der Waals surface area contributed by atoms with Gasteiger partial charge in [0.2, 0.25) is 5.91 Å². The number of β-lactam (4-membered cyclic amide) rings is 1. The van der Waals surface area contributed by atoms with Crippen molar-refractivity contribution in [1.29, 1.82) is 0 Å². The lowest BCUT2D eigenvalue weighted by molar-refractivity contribution is -0.155. The van der Waals surface area contributed by atoms with Crippen LogP contribution in [-0.4, -0.2) is 60.7 Å². The van der Waals surface area contributed by atoms with Crippen molar-refractivity contribution in [1.82, 2.24) is 14.9 Å². The standard InChI is InChI=1S/C14H22N4O5S2/c1-6-10-7(2)13(19)18(10)11(14(20)21)12(6)24-9-3-8(16-5-9)4-17-25(15,22)23/h6-10,16-17H,3-5H2,1-2H3,(H,20,21)(H2,15,22,23)/t6-,7+,8+,9+,10-/m1/s1. The Balaban J connectivity index is 1.68. The quantitative estimate of drug-likeness (QED) is 0.428. The molecule has 11 heteroatoms. The van der Waals surface area contributed by atoms with Crippen LogP contribution in [0.3, 0.4) is 0 Å². The average Bonchev–Trinajstić information content (AvgIpc) is 3.06. The Morgan fingerprint density at radius 1 is 1.44 bits per heavy atom. The molecule has 3 heterocycles. The molecule has 5 atom stereocenters. The molecule has 2 fully saturated rings. The summed E-state index contributed by atoms with van der Waals surface area (Å²) in [5, 5.41) is 17.8. The largest absolute Gasteiger partial charge is 0.477 e. The first kappa shape index (κ1) is 18.6. The SMILES string of the molecule is C[C@@H]1C(=O)N2C(C(=O)O)=C(S[C@@H]3CN[C@H](CNS(N)(=O)=O)C3)[C@H](C)[C@H]12. The molecule has 0 saturated carbocycles. The maximum Gasteiger partial charge on any atom is 0.353 e. The number of fused-ring (bicyclic) bond motifs is 1. The number of aliphatic carboxylic acids is 1. The number of rotatable bonds is 6. The molecule has 0 radical (unpaired) electrons. The number of nitrogens with two attached hydrogens (primary N) is 1. The van der Waals surface area contributed by atoms with Crippen LogP contribution >= 0.6 is 11.8 Å². The fraction of sp³-hybridized carbons (Fsp3) is 0.714. The molecule has 3 aliphatic rings. The number of hydrogen-bond donors (Lipinski definition) is 4. The van der Waals surface area contributed by atoms with E-state index in [9.17, 15) is 23.1 Å². The van der Waals surface area contributed by atoms with Gasteiger partial charge in [-0.3, -0.25) is 4.79 Å². The number of carbonyl (C=O) groups excluding carboxylic acids is 1. The van der Waals surface area contributed by atoms with Crippen LogP contribution in [0.2, 0.25) is 0 Å². The zero-order chi connectivity index (χ0) is 18.5. The second-order valence-corrected chi connectivity index (χ2v) is 9.49. The van der Waals surface area contributed by atoms with Crippen molar-refractivity contribution in [2.75, 3.05) is 13.1 Å². The average molecular weight is 390 g/mol. The van der Waals surface area contributed by atoms with Gasteiger partial charge >= 0.3 is 5.97 Å². The molecule has 0 aromatic rings. The second kappa shape index (κ2) is 6.54. The van der Waals surface area contributed by atoms with Crippen LogP contribution in [0.15, 0.2) is 10.6 Å². The van der Waals surface area contributed by atoms with Gasteiger partial charge in [0.25, 0.3) is 10.2 Å². The van der Waals surface area contributed by atoms with E-state index in [1.54, 1.807) is 0 Å². The highest BCUT2D eigenvalue weighted by atomic mass is 32.2. The summed E-state index contributed by atoms with van der Waals surface area (Å²) in [6.45, 7) is 4.62. The highest BCUT2D eigenvalue weighted by Gasteiger charge is 2.56. The van der Waals surface area contributed by atoms with Crippen molar-refractivity contribution < 1.29 is 23.1 Å². The summed E-state index contributed by atoms with van der Waals surface area (Å²) in [5.74, 6) is -1.37. The maximum absolute atomic E-state index is 12.0. The Bertz CT molecular complexity index is 738. The maximum atomic E-state index is 12.0. The van der Waals surface area contributed by atoms with E-state index in [1.807, 2.05) is 13.8 Å². The number of hydrogen-bond acceptors (Lipinski definition) is 6. The van der Waals surface area contributed by atoms with Gasteiger partial charge < -0.3 is 15.3 Å². The minimum absolute atomic E-state index is 0.00889. The third kappa shape index (κ3) is 3.43. The minimum Gasteiger partial charge on any atom is -0.477 e. The number of thioether (sulfide) groups is 1. The van der Waals surface area contributed by atoms with Crippen LogP contribution in [0.4, 0.5) is 0 Å². The van der Waals surface area contributed by atoms with Crippen LogP contribution in [0.25, 0.3) is 0 Å². The fourth-order valence-corrected chi connectivity index (χ4v) is 5.81. The van der Waals surface area contributed by atoms with Gasteiger partial charge in [-0.2, -0.15) is 8.42 Å². The van der Waals surface area contributed by atoms with Crippen molar-refractivity contribution >= 4 is 33.8 Å². The molecular formula is C14H22N4O5S2. The first-order valence-electron chi connectivity index (χ1n) is 8.08. The van der Waals surface area contributed by atoms with Crippen molar-refractivity contribution in [3.05, 3.63) is 10.6 Å². The van der Waals surface area contributed by atoms with Crippen molar-refractivity contribution in [3.63, 3.8) is 0 Å². The molecule has 0 aromatic carbocycles. The first-order valence-corrected chi connectivity index (χ1v) is 10.5. The third-order valence-corrected chi connectivity index (χ3v) is 7.13. The van der Waals surface area contributed by atoms with E-state index in [1.165, 1.54) is 16.7 Å². The molecule has 5 N–H and O–H groups in total. The molecule has 9 nitrogen and oxygen atoms in total. The van der Waals surface area contributed by atoms with Crippen LogP contribution in [-0.2, 0) is 19.8 Å². The number of nitrogens with zero attached hydrogens (tertiary/aromatic N) is 1. The molecule has 3 rings (SSSR count). The van der Waals surface area contributed by atoms with E-state index in [0.29, 0.717) is 13.0 Å². The normalized spacial score (nSPS) is 35.1. The van der Waals surface area contributed by atoms with E-state index in [4.69, 9.17) is 5.14 Å². The Labute approximate surface area is 150 Å². The van der Waals surface area contributed by atoms with Crippen LogP contribution in [0.1, 0.15) is 20.3 Å². The minimum atomic E-state index is -3.73. The van der Waals surface area contributed by atoms with Crippen LogP contribution < -0.4 is 15.2 Å². The molecule has 2 saturated heterocycles. The molecule has 3 aliphatic heterocycles. The summed E-state index contributed by atoms with van der Waals surface area (Å²) in [6, 6.07) is -0.130. The topological polar surface area (TPSA) is 142 Å². The molecular weight excluding hydrogens is 368 g/mol. The van der Waals surface area contributed by atoms with Crippen LogP contribution in [0, 0.1) is 11.8 Å². The van der Waals surface area contributed by atoms with E-state index < -0.39 is 16.2 Å². The zero-order valence-electron chi connectivity index (χ0n) is 13.9. The summed E-state index contributed by atoms with van der Waals surface area (Å²) in [4.78, 5) is 25.9. The number of amides is 1. The number of carboxylic acid groups (broad SMARTS) is 1. The van der Waals surface area contributed by atoms with Gasteiger partial charge in [-0.15, -0.1) is 11.8 Å². The molecule has 25 heavy (non-hydrogen) atoms. The van der Waals surface area contributed by atoms with Gasteiger partial charge in [0.05, 0.1) is 12.0 Å². The molecule has 0 aliphatic carbocycles. The number of carboxylic acids is 1. The third-order valence-electron chi connectivity index (χ3n) is 5.05. The van der Waals surface area contributed by atoms with Crippen molar-refractivity contribution in [2.45, 2.75) is 37.6 Å². The lowest BCUT2D eigenvalue weighted by Crippen LogP contribution is -2.59. The lowest BCUT2D eigenvalue weighted by Gasteiger charge is -2.43. The molecule has 0 bridgehead atoms.